The van der Waals surface area contributed by atoms with Gasteiger partial charge in [-0.15, -0.1) is 0 Å². The molecule has 4 nitrogen and oxygen atoms in total. The molecule has 2 aromatic rings. The second kappa shape index (κ2) is 5.45. The fourth-order valence-electron chi connectivity index (χ4n) is 4.28. The number of benzene rings is 2. The van der Waals surface area contributed by atoms with E-state index < -0.39 is 0 Å². The van der Waals surface area contributed by atoms with Gasteiger partial charge in [-0.05, 0) is 42.5 Å². The molecule has 0 spiro atoms. The maximum Gasteiger partial charge on any atom is 0.230 e. The maximum absolute atomic E-state index is 12.9. The Morgan fingerprint density at radius 3 is 1.64 bits per heavy atom. The van der Waals surface area contributed by atoms with Crippen LogP contribution in [0.1, 0.15) is 17.5 Å². The van der Waals surface area contributed by atoms with E-state index in [0.717, 1.165) is 37.3 Å². The van der Waals surface area contributed by atoms with E-state index in [1.165, 1.54) is 11.1 Å². The fraction of sp³-hybridized carbons (Fsp3) is 0.333. The van der Waals surface area contributed by atoms with Crippen LogP contribution in [0.2, 0.25) is 0 Å². The zero-order valence-electron chi connectivity index (χ0n) is 14.0. The number of anilines is 2. The molecule has 0 N–H and O–H groups in total. The van der Waals surface area contributed by atoms with Crippen molar-refractivity contribution in [3.05, 3.63) is 59.7 Å². The Bertz CT molecular complexity index is 804. The summed E-state index contributed by atoms with van der Waals surface area (Å²) in [6.07, 6.45) is 2.51. The lowest BCUT2D eigenvalue weighted by Gasteiger charge is -2.19. The Kier molecular flexibility index (Phi) is 3.20. The molecular formula is C21H20N2O2. The van der Waals surface area contributed by atoms with Crippen LogP contribution in [-0.2, 0) is 22.4 Å². The topological polar surface area (TPSA) is 40.6 Å². The monoisotopic (exact) mass is 332 g/mol. The highest BCUT2D eigenvalue weighted by molar-refractivity contribution is 6.06. The van der Waals surface area contributed by atoms with Crippen LogP contribution in [-0.4, -0.2) is 24.9 Å². The van der Waals surface area contributed by atoms with Gasteiger partial charge in [0.2, 0.25) is 11.8 Å². The largest absolute Gasteiger partial charge is 0.312 e. The lowest BCUT2D eigenvalue weighted by atomic mass is 10.1. The average molecular weight is 332 g/mol. The van der Waals surface area contributed by atoms with Gasteiger partial charge in [-0.3, -0.25) is 9.59 Å². The van der Waals surface area contributed by atoms with E-state index in [2.05, 4.69) is 12.1 Å². The van der Waals surface area contributed by atoms with Crippen LogP contribution in [0.4, 0.5) is 11.4 Å². The van der Waals surface area contributed by atoms with Crippen molar-refractivity contribution in [2.45, 2.75) is 19.3 Å². The van der Waals surface area contributed by atoms with E-state index in [-0.39, 0.29) is 23.7 Å². The van der Waals surface area contributed by atoms with Gasteiger partial charge in [0.15, 0.2) is 0 Å². The molecule has 0 bridgehead atoms. The van der Waals surface area contributed by atoms with E-state index in [0.29, 0.717) is 6.42 Å². The van der Waals surface area contributed by atoms with E-state index in [1.807, 2.05) is 46.2 Å². The second-order valence-electron chi connectivity index (χ2n) is 7.19. The summed E-state index contributed by atoms with van der Waals surface area (Å²) in [5, 5.41) is 0. The van der Waals surface area contributed by atoms with Gasteiger partial charge >= 0.3 is 0 Å². The van der Waals surface area contributed by atoms with Crippen molar-refractivity contribution in [1.82, 2.24) is 0 Å². The molecule has 3 aliphatic rings. The molecule has 0 saturated heterocycles. The van der Waals surface area contributed by atoms with E-state index >= 15 is 0 Å². The van der Waals surface area contributed by atoms with Gasteiger partial charge < -0.3 is 9.80 Å². The minimum atomic E-state index is -0.147. The molecule has 2 aromatic carbocycles. The van der Waals surface area contributed by atoms with Crippen molar-refractivity contribution >= 4 is 23.2 Å². The molecule has 1 saturated carbocycles. The molecule has 126 valence electrons. The summed E-state index contributed by atoms with van der Waals surface area (Å²) in [7, 11) is 0. The van der Waals surface area contributed by atoms with Crippen molar-refractivity contribution in [2.24, 2.45) is 11.8 Å². The Morgan fingerprint density at radius 1 is 0.720 bits per heavy atom. The SMILES string of the molecule is O=C(C1CC1C(=O)N1CCc2ccccc21)N1CCc2ccccc21. The zero-order chi connectivity index (χ0) is 17.0. The van der Waals surface area contributed by atoms with Crippen molar-refractivity contribution in [3.8, 4) is 0 Å². The summed E-state index contributed by atoms with van der Waals surface area (Å²) in [6, 6.07) is 16.2. The molecule has 2 heterocycles. The molecular weight excluding hydrogens is 312 g/mol. The molecule has 2 aliphatic heterocycles. The van der Waals surface area contributed by atoms with Crippen LogP contribution in [0.25, 0.3) is 0 Å². The summed E-state index contributed by atoms with van der Waals surface area (Å²) in [6.45, 7) is 1.48. The molecule has 2 amide bonds. The number of para-hydroxylation sites is 2. The van der Waals surface area contributed by atoms with Gasteiger partial charge in [0, 0.05) is 24.5 Å². The van der Waals surface area contributed by atoms with Gasteiger partial charge in [-0.1, -0.05) is 36.4 Å². The number of nitrogens with zero attached hydrogens (tertiary/aromatic N) is 2. The Balaban J connectivity index is 1.31. The lowest BCUT2D eigenvalue weighted by Crippen LogP contribution is -2.35. The van der Waals surface area contributed by atoms with Gasteiger partial charge in [0.1, 0.15) is 0 Å². The molecule has 5 rings (SSSR count). The minimum Gasteiger partial charge on any atom is -0.312 e. The summed E-state index contributed by atoms with van der Waals surface area (Å²) in [4.78, 5) is 29.6. The lowest BCUT2D eigenvalue weighted by molar-refractivity contribution is -0.124. The number of carbonyl (C=O) groups excluding carboxylic acids is 2. The van der Waals surface area contributed by atoms with Crippen LogP contribution in [0, 0.1) is 11.8 Å². The van der Waals surface area contributed by atoms with E-state index in [9.17, 15) is 9.59 Å². The minimum absolute atomic E-state index is 0.121. The highest BCUT2D eigenvalue weighted by atomic mass is 16.2. The van der Waals surface area contributed by atoms with Crippen molar-refractivity contribution < 1.29 is 9.59 Å². The van der Waals surface area contributed by atoms with Crippen LogP contribution < -0.4 is 9.80 Å². The van der Waals surface area contributed by atoms with E-state index in [4.69, 9.17) is 0 Å². The number of hydrogen-bond acceptors (Lipinski definition) is 2. The Hall–Kier alpha value is -2.62. The first kappa shape index (κ1) is 14.7. The van der Waals surface area contributed by atoms with Crippen LogP contribution in [0.5, 0.6) is 0 Å². The number of carbonyl (C=O) groups is 2. The first-order valence-electron chi connectivity index (χ1n) is 9.02. The van der Waals surface area contributed by atoms with Gasteiger partial charge in [-0.25, -0.2) is 0 Å². The second-order valence-corrected chi connectivity index (χ2v) is 7.19. The summed E-state index contributed by atoms with van der Waals surface area (Å²) < 4.78 is 0. The van der Waals surface area contributed by atoms with Crippen LogP contribution in [0.15, 0.2) is 48.5 Å². The van der Waals surface area contributed by atoms with Gasteiger partial charge in [0.25, 0.3) is 0 Å². The standard InChI is InChI=1S/C21H20N2O2/c24-20(22-11-9-14-5-1-3-7-18(14)22)16-13-17(16)21(25)23-12-10-15-6-2-4-8-19(15)23/h1-8,16-17H,9-13H2. The zero-order valence-corrected chi connectivity index (χ0v) is 14.0. The van der Waals surface area contributed by atoms with E-state index in [1.54, 1.807) is 0 Å². The Morgan fingerprint density at radius 2 is 1.16 bits per heavy atom. The third-order valence-corrected chi connectivity index (χ3v) is 5.73. The number of hydrogen-bond donors (Lipinski definition) is 0. The molecule has 1 aliphatic carbocycles. The smallest absolute Gasteiger partial charge is 0.230 e. The third-order valence-electron chi connectivity index (χ3n) is 5.73. The predicted octanol–water partition coefficient (Wildman–Crippen LogP) is 2.80. The highest BCUT2D eigenvalue weighted by Gasteiger charge is 2.52. The van der Waals surface area contributed by atoms with Crippen molar-refractivity contribution in [1.29, 1.82) is 0 Å². The van der Waals surface area contributed by atoms with Gasteiger partial charge in [-0.2, -0.15) is 0 Å². The molecule has 25 heavy (non-hydrogen) atoms. The summed E-state index contributed by atoms with van der Waals surface area (Å²) in [5.74, 6) is -0.0515. The maximum atomic E-state index is 12.9. The normalized spacial score (nSPS) is 23.4. The average Bonchev–Trinajstić information content (AvgIpc) is 3.15. The molecule has 0 aromatic heterocycles. The van der Waals surface area contributed by atoms with Gasteiger partial charge in [0.05, 0.1) is 11.8 Å². The van der Waals surface area contributed by atoms with Crippen molar-refractivity contribution in [2.75, 3.05) is 22.9 Å². The third kappa shape index (κ3) is 2.28. The Labute approximate surface area is 147 Å². The molecule has 1 fully saturated rings. The molecule has 4 heteroatoms. The van der Waals surface area contributed by atoms with Crippen LogP contribution in [0.3, 0.4) is 0 Å². The van der Waals surface area contributed by atoms with Crippen molar-refractivity contribution in [3.63, 3.8) is 0 Å². The number of amides is 2. The summed E-state index contributed by atoms with van der Waals surface area (Å²) in [5.41, 5.74) is 4.51. The first-order valence-corrected chi connectivity index (χ1v) is 9.02. The summed E-state index contributed by atoms with van der Waals surface area (Å²) >= 11 is 0. The molecule has 2 unspecified atom stereocenters. The molecule has 0 radical (unpaired) electrons. The fourth-order valence-corrected chi connectivity index (χ4v) is 4.28. The van der Waals surface area contributed by atoms with Crippen LogP contribution >= 0.6 is 0 Å². The molecule has 2 atom stereocenters. The predicted molar refractivity (Wildman–Crippen MR) is 96.6 cm³/mol. The first-order chi connectivity index (χ1) is 12.2. The quantitative estimate of drug-likeness (QED) is 0.848. The number of rotatable bonds is 2. The highest BCUT2D eigenvalue weighted by Crippen LogP contribution is 2.45. The number of fused-ring (bicyclic) bond motifs is 2.